The van der Waals surface area contributed by atoms with E-state index in [0.29, 0.717) is 12.6 Å². The summed E-state index contributed by atoms with van der Waals surface area (Å²) in [4.78, 5) is 17.9. The van der Waals surface area contributed by atoms with Crippen molar-refractivity contribution in [2.24, 2.45) is 0 Å². The van der Waals surface area contributed by atoms with Crippen LogP contribution in [0.15, 0.2) is 30.5 Å². The summed E-state index contributed by atoms with van der Waals surface area (Å²) >= 11 is 0. The first kappa shape index (κ1) is 14.1. The number of fused-ring (bicyclic) bond motifs is 1. The number of piperidine rings is 1. The lowest BCUT2D eigenvalue weighted by Gasteiger charge is -2.32. The van der Waals surface area contributed by atoms with E-state index >= 15 is 0 Å². The molecule has 1 atom stereocenters. The second-order valence-electron chi connectivity index (χ2n) is 5.94. The molecule has 1 amide bonds. The molecule has 1 aromatic carbocycles. The SMILES string of the molecule is CC(CNC(=O)c1ccc2cc[nH]c2c1)N1CCCCC1. The predicted octanol–water partition coefficient (Wildman–Crippen LogP) is 2.77. The summed E-state index contributed by atoms with van der Waals surface area (Å²) in [6.45, 7) is 5.22. The standard InChI is InChI=1S/C17H23N3O/c1-13(20-9-3-2-4-10-20)12-19-17(21)15-6-5-14-7-8-18-16(14)11-15/h5-8,11,13,18H,2-4,9-10,12H2,1H3,(H,19,21). The average Bonchev–Trinajstić information content (AvgIpc) is 3.00. The van der Waals surface area contributed by atoms with E-state index in [1.807, 2.05) is 30.5 Å². The van der Waals surface area contributed by atoms with Gasteiger partial charge < -0.3 is 10.3 Å². The van der Waals surface area contributed by atoms with E-state index in [1.54, 1.807) is 0 Å². The molecule has 1 aliphatic heterocycles. The van der Waals surface area contributed by atoms with Crippen LogP contribution in [-0.4, -0.2) is 41.5 Å². The van der Waals surface area contributed by atoms with Crippen LogP contribution in [0.4, 0.5) is 0 Å². The zero-order valence-electron chi connectivity index (χ0n) is 12.6. The van der Waals surface area contributed by atoms with Gasteiger partial charge in [-0.1, -0.05) is 12.5 Å². The van der Waals surface area contributed by atoms with Gasteiger partial charge in [0.25, 0.3) is 5.91 Å². The molecule has 1 aliphatic rings. The Hall–Kier alpha value is -1.81. The molecule has 1 aromatic heterocycles. The zero-order valence-corrected chi connectivity index (χ0v) is 12.6. The van der Waals surface area contributed by atoms with Gasteiger partial charge in [0.15, 0.2) is 0 Å². The second kappa shape index (κ2) is 6.31. The lowest BCUT2D eigenvalue weighted by atomic mass is 10.1. The van der Waals surface area contributed by atoms with E-state index < -0.39 is 0 Å². The Labute approximate surface area is 125 Å². The zero-order chi connectivity index (χ0) is 14.7. The number of carbonyl (C=O) groups excluding carboxylic acids is 1. The van der Waals surface area contributed by atoms with Gasteiger partial charge in [0.1, 0.15) is 0 Å². The third kappa shape index (κ3) is 3.27. The highest BCUT2D eigenvalue weighted by Gasteiger charge is 2.17. The summed E-state index contributed by atoms with van der Waals surface area (Å²) in [5.74, 6) is 0.00959. The van der Waals surface area contributed by atoms with Gasteiger partial charge in [0.05, 0.1) is 0 Å². The van der Waals surface area contributed by atoms with Gasteiger partial charge in [-0.3, -0.25) is 9.69 Å². The number of H-pyrrole nitrogens is 1. The van der Waals surface area contributed by atoms with Crippen LogP contribution in [0.25, 0.3) is 10.9 Å². The van der Waals surface area contributed by atoms with Crippen molar-refractivity contribution in [1.29, 1.82) is 0 Å². The number of hydrogen-bond acceptors (Lipinski definition) is 2. The third-order valence-electron chi connectivity index (χ3n) is 4.39. The molecule has 112 valence electrons. The maximum absolute atomic E-state index is 12.3. The number of nitrogens with one attached hydrogen (secondary N) is 2. The van der Waals surface area contributed by atoms with Crippen LogP contribution in [-0.2, 0) is 0 Å². The van der Waals surface area contributed by atoms with Crippen molar-refractivity contribution in [3.8, 4) is 0 Å². The van der Waals surface area contributed by atoms with Gasteiger partial charge in [0, 0.05) is 29.9 Å². The largest absolute Gasteiger partial charge is 0.361 e. The highest BCUT2D eigenvalue weighted by molar-refractivity contribution is 5.97. The molecule has 2 aromatic rings. The average molecular weight is 285 g/mol. The molecule has 0 spiro atoms. The number of rotatable bonds is 4. The third-order valence-corrected chi connectivity index (χ3v) is 4.39. The van der Waals surface area contributed by atoms with Crippen LogP contribution < -0.4 is 5.32 Å². The van der Waals surface area contributed by atoms with Crippen molar-refractivity contribution in [2.75, 3.05) is 19.6 Å². The Bertz CT molecular complexity index is 613. The van der Waals surface area contributed by atoms with Crippen LogP contribution in [0.3, 0.4) is 0 Å². The quantitative estimate of drug-likeness (QED) is 0.907. The fourth-order valence-corrected chi connectivity index (χ4v) is 3.02. The fraction of sp³-hybridized carbons (Fsp3) is 0.471. The molecule has 4 nitrogen and oxygen atoms in total. The maximum atomic E-state index is 12.3. The number of benzene rings is 1. The minimum atomic E-state index is 0.00959. The molecular formula is C17H23N3O. The second-order valence-corrected chi connectivity index (χ2v) is 5.94. The lowest BCUT2D eigenvalue weighted by molar-refractivity contribution is 0.0930. The van der Waals surface area contributed by atoms with E-state index in [0.717, 1.165) is 29.6 Å². The first-order valence-electron chi connectivity index (χ1n) is 7.83. The molecule has 1 unspecified atom stereocenters. The van der Waals surface area contributed by atoms with E-state index in [-0.39, 0.29) is 5.91 Å². The monoisotopic (exact) mass is 285 g/mol. The number of hydrogen-bond donors (Lipinski definition) is 2. The van der Waals surface area contributed by atoms with Gasteiger partial charge in [-0.05, 0) is 56.4 Å². The van der Waals surface area contributed by atoms with Crippen molar-refractivity contribution in [3.05, 3.63) is 36.0 Å². The molecule has 3 rings (SSSR count). The van der Waals surface area contributed by atoms with Gasteiger partial charge in [0.2, 0.25) is 0 Å². The number of aromatic amines is 1. The van der Waals surface area contributed by atoms with E-state index in [1.165, 1.54) is 19.3 Å². The Morgan fingerprint density at radius 2 is 2.10 bits per heavy atom. The van der Waals surface area contributed by atoms with Crippen molar-refractivity contribution in [1.82, 2.24) is 15.2 Å². The molecule has 2 N–H and O–H groups in total. The number of aromatic nitrogens is 1. The van der Waals surface area contributed by atoms with E-state index in [9.17, 15) is 4.79 Å². The fourth-order valence-electron chi connectivity index (χ4n) is 3.02. The minimum absolute atomic E-state index is 0.00959. The van der Waals surface area contributed by atoms with Crippen LogP contribution in [0.1, 0.15) is 36.5 Å². The topological polar surface area (TPSA) is 48.1 Å². The van der Waals surface area contributed by atoms with Gasteiger partial charge in [-0.15, -0.1) is 0 Å². The van der Waals surface area contributed by atoms with Crippen molar-refractivity contribution >= 4 is 16.8 Å². The molecule has 21 heavy (non-hydrogen) atoms. The Kier molecular flexibility index (Phi) is 4.25. The predicted molar refractivity (Wildman–Crippen MR) is 85.5 cm³/mol. The van der Waals surface area contributed by atoms with Crippen molar-refractivity contribution < 1.29 is 4.79 Å². The van der Waals surface area contributed by atoms with Gasteiger partial charge >= 0.3 is 0 Å². The summed E-state index contributed by atoms with van der Waals surface area (Å²) < 4.78 is 0. The maximum Gasteiger partial charge on any atom is 0.251 e. The van der Waals surface area contributed by atoms with Crippen molar-refractivity contribution in [3.63, 3.8) is 0 Å². The Balaban J connectivity index is 1.57. The molecule has 1 fully saturated rings. The Morgan fingerprint density at radius 3 is 2.90 bits per heavy atom. The molecule has 0 saturated carbocycles. The van der Waals surface area contributed by atoms with Gasteiger partial charge in [-0.25, -0.2) is 0 Å². The number of likely N-dealkylation sites (tertiary alicyclic amines) is 1. The lowest BCUT2D eigenvalue weighted by Crippen LogP contribution is -2.44. The summed E-state index contributed by atoms with van der Waals surface area (Å²) in [7, 11) is 0. The van der Waals surface area contributed by atoms with Gasteiger partial charge in [-0.2, -0.15) is 0 Å². The number of carbonyl (C=O) groups is 1. The van der Waals surface area contributed by atoms with Crippen molar-refractivity contribution in [2.45, 2.75) is 32.2 Å². The van der Waals surface area contributed by atoms with E-state index in [4.69, 9.17) is 0 Å². The first-order valence-corrected chi connectivity index (χ1v) is 7.83. The highest BCUT2D eigenvalue weighted by atomic mass is 16.1. The first-order chi connectivity index (χ1) is 10.2. The number of amides is 1. The van der Waals surface area contributed by atoms with Crippen LogP contribution in [0.2, 0.25) is 0 Å². The molecule has 0 bridgehead atoms. The smallest absolute Gasteiger partial charge is 0.251 e. The summed E-state index contributed by atoms with van der Waals surface area (Å²) in [6.07, 6.45) is 5.79. The molecule has 4 heteroatoms. The molecule has 1 saturated heterocycles. The number of nitrogens with zero attached hydrogens (tertiary/aromatic N) is 1. The summed E-state index contributed by atoms with van der Waals surface area (Å²) in [6, 6.07) is 8.20. The molecule has 0 radical (unpaired) electrons. The molecule has 0 aliphatic carbocycles. The Morgan fingerprint density at radius 1 is 1.29 bits per heavy atom. The highest BCUT2D eigenvalue weighted by Crippen LogP contribution is 2.14. The van der Waals surface area contributed by atoms with Crippen LogP contribution in [0, 0.1) is 0 Å². The summed E-state index contributed by atoms with van der Waals surface area (Å²) in [5, 5.41) is 4.19. The van der Waals surface area contributed by atoms with E-state index in [2.05, 4.69) is 22.1 Å². The summed E-state index contributed by atoms with van der Waals surface area (Å²) in [5.41, 5.74) is 1.72. The van der Waals surface area contributed by atoms with Crippen LogP contribution >= 0.6 is 0 Å². The normalized spacial score (nSPS) is 17.8. The minimum Gasteiger partial charge on any atom is -0.361 e. The van der Waals surface area contributed by atoms with Crippen LogP contribution in [0.5, 0.6) is 0 Å². The molecular weight excluding hydrogens is 262 g/mol. The molecule has 2 heterocycles.